The van der Waals surface area contributed by atoms with Crippen molar-refractivity contribution >= 4 is 0 Å². The first-order valence-electron chi connectivity index (χ1n) is 8.13. The quantitative estimate of drug-likeness (QED) is 0.904. The lowest BCUT2D eigenvalue weighted by Crippen LogP contribution is -2.40. The number of nitrogens with zero attached hydrogens (tertiary/aromatic N) is 3. The molecule has 0 amide bonds. The highest BCUT2D eigenvalue weighted by Gasteiger charge is 2.24. The van der Waals surface area contributed by atoms with Crippen LogP contribution in [-0.4, -0.2) is 40.7 Å². The molecular formula is C16H30N4O. The molecule has 21 heavy (non-hydrogen) atoms. The summed E-state index contributed by atoms with van der Waals surface area (Å²) >= 11 is 0. The molecule has 2 heterocycles. The molecule has 0 saturated carbocycles. The summed E-state index contributed by atoms with van der Waals surface area (Å²) in [6, 6.07) is 0.561. The van der Waals surface area contributed by atoms with Gasteiger partial charge < -0.3 is 9.84 Å². The van der Waals surface area contributed by atoms with Crippen LogP contribution in [-0.2, 0) is 12.0 Å². The van der Waals surface area contributed by atoms with Gasteiger partial charge in [-0.15, -0.1) is 0 Å². The first-order chi connectivity index (χ1) is 9.84. The van der Waals surface area contributed by atoms with Crippen LogP contribution < -0.4 is 5.32 Å². The zero-order chi connectivity index (χ0) is 15.5. The van der Waals surface area contributed by atoms with Crippen molar-refractivity contribution in [3.05, 3.63) is 11.7 Å². The van der Waals surface area contributed by atoms with Crippen LogP contribution in [0.1, 0.15) is 59.2 Å². The van der Waals surface area contributed by atoms with E-state index in [4.69, 9.17) is 4.52 Å². The maximum Gasteiger partial charge on any atom is 0.240 e. The third-order valence-electron chi connectivity index (χ3n) is 3.92. The molecule has 0 spiro atoms. The molecule has 0 bridgehead atoms. The monoisotopic (exact) mass is 294 g/mol. The van der Waals surface area contributed by atoms with Crippen LogP contribution in [0.5, 0.6) is 0 Å². The van der Waals surface area contributed by atoms with Crippen molar-refractivity contribution in [2.45, 2.75) is 65.5 Å². The highest BCUT2D eigenvalue weighted by atomic mass is 16.5. The predicted molar refractivity (Wildman–Crippen MR) is 84.1 cm³/mol. The molecule has 1 aromatic heterocycles. The second-order valence-electron chi connectivity index (χ2n) is 7.57. The van der Waals surface area contributed by atoms with Crippen molar-refractivity contribution in [1.29, 1.82) is 0 Å². The summed E-state index contributed by atoms with van der Waals surface area (Å²) < 4.78 is 5.41. The van der Waals surface area contributed by atoms with E-state index in [1.54, 1.807) is 0 Å². The average molecular weight is 294 g/mol. The summed E-state index contributed by atoms with van der Waals surface area (Å²) in [5.41, 5.74) is -0.0482. The van der Waals surface area contributed by atoms with Gasteiger partial charge in [0.25, 0.3) is 0 Å². The van der Waals surface area contributed by atoms with Gasteiger partial charge in [0.1, 0.15) is 0 Å². The number of likely N-dealkylation sites (tertiary alicyclic amines) is 1. The first kappa shape index (κ1) is 16.4. The van der Waals surface area contributed by atoms with Crippen LogP contribution >= 0.6 is 0 Å². The van der Waals surface area contributed by atoms with Gasteiger partial charge in [-0.1, -0.05) is 39.8 Å². The van der Waals surface area contributed by atoms with Crippen molar-refractivity contribution in [3.8, 4) is 0 Å². The summed E-state index contributed by atoms with van der Waals surface area (Å²) in [5.74, 6) is 2.27. The topological polar surface area (TPSA) is 54.2 Å². The Balaban J connectivity index is 1.86. The SMILES string of the molecule is CC(C)NCC1CCCN(Cc2nc(C(C)(C)C)no2)C1. The van der Waals surface area contributed by atoms with E-state index in [2.05, 4.69) is 55.0 Å². The Labute approximate surface area is 128 Å². The molecule has 5 heteroatoms. The van der Waals surface area contributed by atoms with E-state index in [9.17, 15) is 0 Å². The Morgan fingerprint density at radius 3 is 2.76 bits per heavy atom. The molecule has 1 N–H and O–H groups in total. The van der Waals surface area contributed by atoms with E-state index in [-0.39, 0.29) is 5.41 Å². The normalized spacial score (nSPS) is 21.1. The summed E-state index contributed by atoms with van der Waals surface area (Å²) in [5, 5.41) is 7.65. The molecule has 1 atom stereocenters. The maximum absolute atomic E-state index is 5.41. The summed E-state index contributed by atoms with van der Waals surface area (Å²) in [6.07, 6.45) is 2.57. The van der Waals surface area contributed by atoms with Crippen molar-refractivity contribution in [2.24, 2.45) is 5.92 Å². The third-order valence-corrected chi connectivity index (χ3v) is 3.92. The lowest BCUT2D eigenvalue weighted by atomic mass is 9.96. The molecule has 2 rings (SSSR count). The Hall–Kier alpha value is -0.940. The molecule has 5 nitrogen and oxygen atoms in total. The number of rotatable bonds is 5. The molecule has 120 valence electrons. The number of piperidine rings is 1. The van der Waals surface area contributed by atoms with Gasteiger partial charge in [0.15, 0.2) is 5.82 Å². The molecular weight excluding hydrogens is 264 g/mol. The van der Waals surface area contributed by atoms with Gasteiger partial charge in [0.05, 0.1) is 6.54 Å². The third kappa shape index (κ3) is 5.08. The average Bonchev–Trinajstić information content (AvgIpc) is 2.85. The van der Waals surface area contributed by atoms with Crippen LogP contribution in [0.4, 0.5) is 0 Å². The van der Waals surface area contributed by atoms with Crippen LogP contribution in [0.15, 0.2) is 4.52 Å². The maximum atomic E-state index is 5.41. The Morgan fingerprint density at radius 1 is 1.38 bits per heavy atom. The van der Waals surface area contributed by atoms with Gasteiger partial charge in [0.2, 0.25) is 5.89 Å². The second kappa shape index (κ2) is 6.88. The molecule has 1 unspecified atom stereocenters. The fourth-order valence-corrected chi connectivity index (χ4v) is 2.68. The lowest BCUT2D eigenvalue weighted by molar-refractivity contribution is 0.147. The Kier molecular flexibility index (Phi) is 5.38. The second-order valence-corrected chi connectivity index (χ2v) is 7.57. The van der Waals surface area contributed by atoms with Gasteiger partial charge >= 0.3 is 0 Å². The van der Waals surface area contributed by atoms with E-state index in [0.717, 1.165) is 43.8 Å². The summed E-state index contributed by atoms with van der Waals surface area (Å²) in [6.45, 7) is 14.9. The lowest BCUT2D eigenvalue weighted by Gasteiger charge is -2.32. The molecule has 1 aliphatic rings. The minimum atomic E-state index is -0.0482. The van der Waals surface area contributed by atoms with Crippen molar-refractivity contribution < 1.29 is 4.52 Å². The molecule has 0 aromatic carbocycles. The van der Waals surface area contributed by atoms with Crippen LogP contribution in [0.25, 0.3) is 0 Å². The molecule has 0 radical (unpaired) electrons. The zero-order valence-electron chi connectivity index (χ0n) is 14.1. The van der Waals surface area contributed by atoms with Gasteiger partial charge in [-0.25, -0.2) is 0 Å². The first-order valence-corrected chi connectivity index (χ1v) is 8.13. The molecule has 1 aromatic rings. The van der Waals surface area contributed by atoms with E-state index in [0.29, 0.717) is 6.04 Å². The van der Waals surface area contributed by atoms with Crippen LogP contribution in [0.3, 0.4) is 0 Å². The number of hydrogen-bond acceptors (Lipinski definition) is 5. The van der Waals surface area contributed by atoms with Crippen molar-refractivity contribution in [1.82, 2.24) is 20.4 Å². The highest BCUT2D eigenvalue weighted by Crippen LogP contribution is 2.21. The van der Waals surface area contributed by atoms with Gasteiger partial charge in [-0.05, 0) is 31.8 Å². The molecule has 1 fully saturated rings. The number of nitrogens with one attached hydrogen (secondary N) is 1. The van der Waals surface area contributed by atoms with Gasteiger partial charge in [0, 0.05) is 18.0 Å². The largest absolute Gasteiger partial charge is 0.338 e. The minimum Gasteiger partial charge on any atom is -0.338 e. The minimum absolute atomic E-state index is 0.0482. The summed E-state index contributed by atoms with van der Waals surface area (Å²) in [4.78, 5) is 6.98. The van der Waals surface area contributed by atoms with Crippen LogP contribution in [0, 0.1) is 5.92 Å². The smallest absolute Gasteiger partial charge is 0.240 e. The van der Waals surface area contributed by atoms with Crippen molar-refractivity contribution in [2.75, 3.05) is 19.6 Å². The van der Waals surface area contributed by atoms with E-state index in [1.165, 1.54) is 12.8 Å². The molecule has 0 aliphatic carbocycles. The van der Waals surface area contributed by atoms with Gasteiger partial charge in [-0.2, -0.15) is 4.98 Å². The fraction of sp³-hybridized carbons (Fsp3) is 0.875. The standard InChI is InChI=1S/C16H30N4O/c1-12(2)17-9-13-7-6-8-20(10-13)11-14-18-15(19-21-14)16(3,4)5/h12-13,17H,6-11H2,1-5H3. The molecule has 1 saturated heterocycles. The molecule has 1 aliphatic heterocycles. The van der Waals surface area contributed by atoms with Crippen molar-refractivity contribution in [3.63, 3.8) is 0 Å². The predicted octanol–water partition coefficient (Wildman–Crippen LogP) is 2.58. The Bertz CT molecular complexity index is 436. The van der Waals surface area contributed by atoms with Crippen LogP contribution in [0.2, 0.25) is 0 Å². The highest BCUT2D eigenvalue weighted by molar-refractivity contribution is 5.00. The summed E-state index contributed by atoms with van der Waals surface area (Å²) in [7, 11) is 0. The Morgan fingerprint density at radius 2 is 2.14 bits per heavy atom. The number of hydrogen-bond donors (Lipinski definition) is 1. The zero-order valence-corrected chi connectivity index (χ0v) is 14.1. The van der Waals surface area contributed by atoms with Gasteiger partial charge in [-0.3, -0.25) is 4.90 Å². The van der Waals surface area contributed by atoms with E-state index < -0.39 is 0 Å². The van der Waals surface area contributed by atoms with E-state index in [1.807, 2.05) is 0 Å². The fourth-order valence-electron chi connectivity index (χ4n) is 2.68. The van der Waals surface area contributed by atoms with E-state index >= 15 is 0 Å². The number of aromatic nitrogens is 2.